The van der Waals surface area contributed by atoms with Gasteiger partial charge in [0, 0.05) is 15.7 Å². The number of rotatable bonds is 4. The van der Waals surface area contributed by atoms with Crippen LogP contribution in [0.4, 0.5) is 5.69 Å². The number of nitrogens with one attached hydrogen (secondary N) is 1. The van der Waals surface area contributed by atoms with Gasteiger partial charge in [-0.25, -0.2) is 4.79 Å². The Hall–Kier alpha value is -2.04. The van der Waals surface area contributed by atoms with Crippen LogP contribution in [-0.4, -0.2) is 17.0 Å². The van der Waals surface area contributed by atoms with Gasteiger partial charge in [-0.1, -0.05) is 35.3 Å². The first-order valence-corrected chi connectivity index (χ1v) is 6.78. The van der Waals surface area contributed by atoms with Gasteiger partial charge in [0.2, 0.25) is 5.91 Å². The zero-order chi connectivity index (χ0) is 15.4. The van der Waals surface area contributed by atoms with Crippen molar-refractivity contribution in [2.24, 2.45) is 0 Å². The van der Waals surface area contributed by atoms with E-state index < -0.39 is 5.97 Å². The topological polar surface area (TPSA) is 66.4 Å². The molecule has 108 valence electrons. The highest BCUT2D eigenvalue weighted by Gasteiger charge is 2.09. The van der Waals surface area contributed by atoms with Gasteiger partial charge < -0.3 is 10.4 Å². The fourth-order valence-electron chi connectivity index (χ4n) is 1.77. The van der Waals surface area contributed by atoms with Crippen molar-refractivity contribution < 1.29 is 14.7 Å². The molecule has 2 rings (SSSR count). The number of carbonyl (C=O) groups excluding carboxylic acids is 1. The molecule has 0 fully saturated rings. The summed E-state index contributed by atoms with van der Waals surface area (Å²) in [7, 11) is 0. The molecule has 0 aliphatic heterocycles. The number of carbonyl (C=O) groups is 2. The summed E-state index contributed by atoms with van der Waals surface area (Å²) in [5.41, 5.74) is 1.18. The maximum Gasteiger partial charge on any atom is 0.335 e. The molecule has 21 heavy (non-hydrogen) atoms. The molecule has 0 atom stereocenters. The van der Waals surface area contributed by atoms with E-state index in [1.807, 2.05) is 0 Å². The second kappa shape index (κ2) is 6.61. The van der Waals surface area contributed by atoms with Crippen LogP contribution in [0, 0.1) is 0 Å². The first-order valence-electron chi connectivity index (χ1n) is 6.03. The number of anilines is 1. The minimum absolute atomic E-state index is 0.0767. The van der Waals surface area contributed by atoms with Gasteiger partial charge in [-0.2, -0.15) is 0 Å². The van der Waals surface area contributed by atoms with Gasteiger partial charge in [-0.3, -0.25) is 4.79 Å². The third kappa shape index (κ3) is 4.21. The molecule has 0 saturated carbocycles. The normalized spacial score (nSPS) is 10.2. The second-order valence-electron chi connectivity index (χ2n) is 4.35. The Kier molecular flexibility index (Phi) is 4.83. The smallest absolute Gasteiger partial charge is 0.335 e. The molecule has 0 aliphatic carbocycles. The third-order valence-corrected chi connectivity index (χ3v) is 3.35. The summed E-state index contributed by atoms with van der Waals surface area (Å²) in [4.78, 5) is 22.8. The van der Waals surface area contributed by atoms with Crippen molar-refractivity contribution in [2.75, 3.05) is 5.32 Å². The molecule has 2 aromatic carbocycles. The third-order valence-electron chi connectivity index (χ3n) is 2.76. The monoisotopic (exact) mass is 323 g/mol. The number of aromatic carboxylic acids is 1. The van der Waals surface area contributed by atoms with Gasteiger partial charge in [0.1, 0.15) is 0 Å². The molecule has 2 aromatic rings. The van der Waals surface area contributed by atoms with E-state index in [2.05, 4.69) is 5.32 Å². The molecule has 0 unspecified atom stereocenters. The van der Waals surface area contributed by atoms with E-state index in [1.54, 1.807) is 30.3 Å². The van der Waals surface area contributed by atoms with Crippen molar-refractivity contribution in [3.8, 4) is 0 Å². The fourth-order valence-corrected chi connectivity index (χ4v) is 2.25. The minimum Gasteiger partial charge on any atom is -0.478 e. The Balaban J connectivity index is 2.08. The summed E-state index contributed by atoms with van der Waals surface area (Å²) in [5.74, 6) is -1.34. The van der Waals surface area contributed by atoms with E-state index in [0.29, 0.717) is 21.3 Å². The molecular weight excluding hydrogens is 313 g/mol. The summed E-state index contributed by atoms with van der Waals surface area (Å²) >= 11 is 11.8. The molecule has 0 aliphatic rings. The summed E-state index contributed by atoms with van der Waals surface area (Å²) < 4.78 is 0. The maximum absolute atomic E-state index is 11.9. The van der Waals surface area contributed by atoms with Crippen LogP contribution in [0.3, 0.4) is 0 Å². The number of hydrogen-bond acceptors (Lipinski definition) is 2. The molecule has 1 amide bonds. The lowest BCUT2D eigenvalue weighted by molar-refractivity contribution is -0.115. The zero-order valence-electron chi connectivity index (χ0n) is 10.8. The first kappa shape index (κ1) is 15.4. The van der Waals surface area contributed by atoms with Crippen LogP contribution in [-0.2, 0) is 11.2 Å². The van der Waals surface area contributed by atoms with Crippen LogP contribution in [0.1, 0.15) is 15.9 Å². The first-order chi connectivity index (χ1) is 9.95. The number of hydrogen-bond donors (Lipinski definition) is 2. The quantitative estimate of drug-likeness (QED) is 0.897. The van der Waals surface area contributed by atoms with E-state index in [0.717, 1.165) is 0 Å². The average Bonchev–Trinajstić information content (AvgIpc) is 2.42. The van der Waals surface area contributed by atoms with Gasteiger partial charge in [0.15, 0.2) is 0 Å². The van der Waals surface area contributed by atoms with Crippen LogP contribution in [0.2, 0.25) is 10.0 Å². The SMILES string of the molecule is O=C(Cc1ccc(Cl)cc1Cl)Nc1cccc(C(=O)O)c1. The van der Waals surface area contributed by atoms with Gasteiger partial charge in [0.05, 0.1) is 12.0 Å². The van der Waals surface area contributed by atoms with Crippen LogP contribution in [0.25, 0.3) is 0 Å². The Morgan fingerprint density at radius 1 is 1.10 bits per heavy atom. The van der Waals surface area contributed by atoms with E-state index in [4.69, 9.17) is 28.3 Å². The molecule has 0 aromatic heterocycles. The highest BCUT2D eigenvalue weighted by molar-refractivity contribution is 6.35. The molecule has 4 nitrogen and oxygen atoms in total. The lowest BCUT2D eigenvalue weighted by atomic mass is 10.1. The Bertz CT molecular complexity index is 701. The number of halogens is 2. The number of carboxylic acid groups (broad SMARTS) is 1. The standard InChI is InChI=1S/C15H11Cl2NO3/c16-11-5-4-9(13(17)8-11)7-14(19)18-12-3-1-2-10(6-12)15(20)21/h1-6,8H,7H2,(H,18,19)(H,20,21). The van der Waals surface area contributed by atoms with E-state index in [9.17, 15) is 9.59 Å². The molecule has 0 radical (unpaired) electrons. The van der Waals surface area contributed by atoms with Crippen LogP contribution >= 0.6 is 23.2 Å². The number of benzene rings is 2. The Labute approximate surface area is 131 Å². The fraction of sp³-hybridized carbons (Fsp3) is 0.0667. The summed E-state index contributed by atoms with van der Waals surface area (Å²) in [6, 6.07) is 10.9. The zero-order valence-corrected chi connectivity index (χ0v) is 12.3. The Morgan fingerprint density at radius 2 is 1.86 bits per heavy atom. The molecule has 2 N–H and O–H groups in total. The highest BCUT2D eigenvalue weighted by Crippen LogP contribution is 2.21. The predicted octanol–water partition coefficient (Wildman–Crippen LogP) is 3.87. The van der Waals surface area contributed by atoms with Gasteiger partial charge >= 0.3 is 5.97 Å². The van der Waals surface area contributed by atoms with Crippen LogP contribution in [0.5, 0.6) is 0 Å². The average molecular weight is 324 g/mol. The van der Waals surface area contributed by atoms with Crippen molar-refractivity contribution in [2.45, 2.75) is 6.42 Å². The lowest BCUT2D eigenvalue weighted by Crippen LogP contribution is -2.15. The highest BCUT2D eigenvalue weighted by atomic mass is 35.5. The summed E-state index contributed by atoms with van der Waals surface area (Å²) in [5, 5.41) is 12.4. The molecular formula is C15H11Cl2NO3. The minimum atomic E-state index is -1.05. The van der Waals surface area contributed by atoms with Crippen molar-refractivity contribution >= 4 is 40.8 Å². The van der Waals surface area contributed by atoms with Crippen molar-refractivity contribution in [3.05, 3.63) is 63.6 Å². The van der Waals surface area contributed by atoms with Crippen molar-refractivity contribution in [1.29, 1.82) is 0 Å². The second-order valence-corrected chi connectivity index (χ2v) is 5.19. The van der Waals surface area contributed by atoms with Crippen molar-refractivity contribution in [3.63, 3.8) is 0 Å². The summed E-state index contributed by atoms with van der Waals surface area (Å²) in [6.45, 7) is 0. The molecule has 0 saturated heterocycles. The maximum atomic E-state index is 11.9. The van der Waals surface area contributed by atoms with E-state index >= 15 is 0 Å². The largest absolute Gasteiger partial charge is 0.478 e. The molecule has 0 bridgehead atoms. The lowest BCUT2D eigenvalue weighted by Gasteiger charge is -2.07. The van der Waals surface area contributed by atoms with E-state index in [1.165, 1.54) is 12.1 Å². The van der Waals surface area contributed by atoms with Gasteiger partial charge in [-0.15, -0.1) is 0 Å². The Morgan fingerprint density at radius 3 is 2.52 bits per heavy atom. The van der Waals surface area contributed by atoms with E-state index in [-0.39, 0.29) is 17.9 Å². The number of amides is 1. The van der Waals surface area contributed by atoms with Crippen molar-refractivity contribution in [1.82, 2.24) is 0 Å². The number of carboxylic acids is 1. The molecule has 6 heteroatoms. The van der Waals surface area contributed by atoms with Crippen LogP contribution < -0.4 is 5.32 Å². The predicted molar refractivity (Wildman–Crippen MR) is 82.2 cm³/mol. The molecule has 0 spiro atoms. The van der Waals surface area contributed by atoms with Gasteiger partial charge in [-0.05, 0) is 35.9 Å². The van der Waals surface area contributed by atoms with Crippen LogP contribution in [0.15, 0.2) is 42.5 Å². The molecule has 0 heterocycles. The van der Waals surface area contributed by atoms with Gasteiger partial charge in [0.25, 0.3) is 0 Å². The summed E-state index contributed by atoms with van der Waals surface area (Å²) in [6.07, 6.45) is 0.0767.